The van der Waals surface area contributed by atoms with Crippen LogP contribution in [-0.2, 0) is 4.74 Å². The van der Waals surface area contributed by atoms with Crippen LogP contribution in [0.15, 0.2) is 0 Å². The Bertz CT molecular complexity index is 261. The largest absolute Gasteiger partial charge is 0.444 e. The Labute approximate surface area is 105 Å². The molecule has 4 heteroatoms. The Kier molecular flexibility index (Phi) is 4.80. The van der Waals surface area contributed by atoms with Crippen LogP contribution in [0.5, 0.6) is 0 Å². The van der Waals surface area contributed by atoms with Gasteiger partial charge in [-0.05, 0) is 45.7 Å². The van der Waals surface area contributed by atoms with Crippen molar-refractivity contribution in [3.05, 3.63) is 0 Å². The third-order valence-corrected chi connectivity index (χ3v) is 3.08. The van der Waals surface area contributed by atoms with E-state index >= 15 is 0 Å². The lowest BCUT2D eigenvalue weighted by Crippen LogP contribution is -2.36. The summed E-state index contributed by atoms with van der Waals surface area (Å²) in [6.45, 7) is 13.6. The molecule has 1 saturated heterocycles. The van der Waals surface area contributed by atoms with Gasteiger partial charge in [0.2, 0.25) is 0 Å². The van der Waals surface area contributed by atoms with Gasteiger partial charge >= 0.3 is 6.09 Å². The van der Waals surface area contributed by atoms with Gasteiger partial charge in [-0.25, -0.2) is 4.79 Å². The first-order chi connectivity index (χ1) is 7.83. The van der Waals surface area contributed by atoms with Crippen LogP contribution in [0.4, 0.5) is 4.79 Å². The van der Waals surface area contributed by atoms with Gasteiger partial charge in [-0.15, -0.1) is 0 Å². The third kappa shape index (κ3) is 4.54. The summed E-state index contributed by atoms with van der Waals surface area (Å²) in [4.78, 5) is 13.7. The number of likely N-dealkylation sites (tertiary alicyclic amines) is 1. The fraction of sp³-hybridized carbons (Fsp3) is 0.923. The molecule has 1 heterocycles. The fourth-order valence-corrected chi connectivity index (χ4v) is 2.11. The Morgan fingerprint density at radius 1 is 1.41 bits per heavy atom. The summed E-state index contributed by atoms with van der Waals surface area (Å²) in [6, 6.07) is 0. The summed E-state index contributed by atoms with van der Waals surface area (Å²) in [5, 5.41) is 3.35. The Morgan fingerprint density at radius 2 is 2.06 bits per heavy atom. The second-order valence-corrected chi connectivity index (χ2v) is 5.93. The Balaban J connectivity index is 2.45. The van der Waals surface area contributed by atoms with Crippen molar-refractivity contribution in [2.24, 2.45) is 11.8 Å². The molecule has 0 bridgehead atoms. The molecular formula is C13H26N2O2. The van der Waals surface area contributed by atoms with Crippen LogP contribution >= 0.6 is 0 Å². The summed E-state index contributed by atoms with van der Waals surface area (Å²) in [5.41, 5.74) is -0.403. The molecule has 0 saturated carbocycles. The van der Waals surface area contributed by atoms with E-state index in [1.165, 1.54) is 0 Å². The predicted octanol–water partition coefficient (Wildman–Crippen LogP) is 2.10. The second kappa shape index (κ2) is 5.71. The molecule has 0 aromatic rings. The molecule has 1 aliphatic rings. The van der Waals surface area contributed by atoms with Crippen LogP contribution in [0.3, 0.4) is 0 Å². The van der Waals surface area contributed by atoms with Crippen LogP contribution in [-0.4, -0.2) is 42.8 Å². The van der Waals surface area contributed by atoms with E-state index < -0.39 is 5.60 Å². The number of ether oxygens (including phenoxy) is 1. The van der Waals surface area contributed by atoms with Crippen molar-refractivity contribution in [1.29, 1.82) is 0 Å². The summed E-state index contributed by atoms with van der Waals surface area (Å²) in [6.07, 6.45) is -0.177. The number of carbonyl (C=O) groups is 1. The van der Waals surface area contributed by atoms with Crippen molar-refractivity contribution in [2.75, 3.05) is 26.2 Å². The lowest BCUT2D eigenvalue weighted by Gasteiger charge is -2.24. The molecule has 0 radical (unpaired) electrons. The smallest absolute Gasteiger partial charge is 0.410 e. The van der Waals surface area contributed by atoms with Gasteiger partial charge in [0.05, 0.1) is 0 Å². The van der Waals surface area contributed by atoms with E-state index in [0.717, 1.165) is 26.2 Å². The first kappa shape index (κ1) is 14.3. The molecule has 4 nitrogen and oxygen atoms in total. The van der Waals surface area contributed by atoms with Crippen LogP contribution in [0, 0.1) is 11.8 Å². The summed E-state index contributed by atoms with van der Waals surface area (Å²) in [7, 11) is 0. The van der Waals surface area contributed by atoms with Crippen molar-refractivity contribution < 1.29 is 9.53 Å². The van der Waals surface area contributed by atoms with E-state index in [2.05, 4.69) is 19.2 Å². The minimum absolute atomic E-state index is 0.177. The number of hydrogen-bond donors (Lipinski definition) is 1. The first-order valence-electron chi connectivity index (χ1n) is 6.52. The van der Waals surface area contributed by atoms with Gasteiger partial charge < -0.3 is 15.0 Å². The predicted molar refractivity (Wildman–Crippen MR) is 69.0 cm³/mol. The number of nitrogens with one attached hydrogen (secondary N) is 1. The maximum Gasteiger partial charge on any atom is 0.410 e. The molecule has 0 aromatic heterocycles. The number of rotatable bonds is 3. The van der Waals surface area contributed by atoms with Crippen LogP contribution < -0.4 is 5.32 Å². The molecule has 1 N–H and O–H groups in total. The molecule has 0 aromatic carbocycles. The first-order valence-corrected chi connectivity index (χ1v) is 6.52. The monoisotopic (exact) mass is 242 g/mol. The van der Waals surface area contributed by atoms with E-state index in [4.69, 9.17) is 4.74 Å². The number of carbonyl (C=O) groups excluding carboxylic acids is 1. The number of nitrogens with zero attached hydrogens (tertiary/aromatic N) is 1. The summed E-state index contributed by atoms with van der Waals surface area (Å²) >= 11 is 0. The molecule has 1 amide bonds. The molecule has 0 spiro atoms. The van der Waals surface area contributed by atoms with E-state index in [0.29, 0.717) is 11.8 Å². The van der Waals surface area contributed by atoms with Gasteiger partial charge in [-0.3, -0.25) is 0 Å². The van der Waals surface area contributed by atoms with E-state index in [1.54, 1.807) is 0 Å². The lowest BCUT2D eigenvalue weighted by molar-refractivity contribution is 0.0284. The van der Waals surface area contributed by atoms with Crippen LogP contribution in [0.2, 0.25) is 0 Å². The highest BCUT2D eigenvalue weighted by Crippen LogP contribution is 2.24. The minimum atomic E-state index is -0.403. The molecule has 1 rings (SSSR count). The molecule has 1 aliphatic heterocycles. The topological polar surface area (TPSA) is 41.6 Å². The van der Waals surface area contributed by atoms with Crippen LogP contribution in [0.1, 0.15) is 34.6 Å². The zero-order valence-corrected chi connectivity index (χ0v) is 11.7. The highest BCUT2D eigenvalue weighted by molar-refractivity contribution is 5.68. The zero-order chi connectivity index (χ0) is 13.1. The van der Waals surface area contributed by atoms with Crippen molar-refractivity contribution in [3.8, 4) is 0 Å². The Morgan fingerprint density at radius 3 is 2.59 bits per heavy atom. The highest BCUT2D eigenvalue weighted by atomic mass is 16.6. The molecular weight excluding hydrogens is 216 g/mol. The van der Waals surface area contributed by atoms with E-state index in [9.17, 15) is 4.79 Å². The van der Waals surface area contributed by atoms with Crippen LogP contribution in [0.25, 0.3) is 0 Å². The average Bonchev–Trinajstić information content (AvgIpc) is 2.54. The quantitative estimate of drug-likeness (QED) is 0.824. The number of amides is 1. The summed E-state index contributed by atoms with van der Waals surface area (Å²) in [5.74, 6) is 1.09. The maximum absolute atomic E-state index is 11.9. The lowest BCUT2D eigenvalue weighted by atomic mass is 9.98. The average molecular weight is 242 g/mol. The van der Waals surface area contributed by atoms with Gasteiger partial charge in [-0.1, -0.05) is 13.8 Å². The molecule has 1 fully saturated rings. The normalized spacial score (nSPS) is 25.1. The molecule has 0 aliphatic carbocycles. The highest BCUT2D eigenvalue weighted by Gasteiger charge is 2.34. The fourth-order valence-electron chi connectivity index (χ4n) is 2.11. The zero-order valence-electron chi connectivity index (χ0n) is 11.7. The second-order valence-electron chi connectivity index (χ2n) is 5.93. The minimum Gasteiger partial charge on any atom is -0.444 e. The van der Waals surface area contributed by atoms with Crippen molar-refractivity contribution in [3.63, 3.8) is 0 Å². The maximum atomic E-state index is 11.9. The summed E-state index contributed by atoms with van der Waals surface area (Å²) < 4.78 is 5.39. The van der Waals surface area contributed by atoms with Crippen molar-refractivity contribution >= 4 is 6.09 Å². The molecule has 2 atom stereocenters. The van der Waals surface area contributed by atoms with Gasteiger partial charge in [0.1, 0.15) is 5.60 Å². The van der Waals surface area contributed by atoms with Gasteiger partial charge in [-0.2, -0.15) is 0 Å². The third-order valence-electron chi connectivity index (χ3n) is 3.08. The van der Waals surface area contributed by atoms with Gasteiger partial charge in [0.25, 0.3) is 0 Å². The van der Waals surface area contributed by atoms with Crippen molar-refractivity contribution in [2.45, 2.75) is 40.2 Å². The van der Waals surface area contributed by atoms with Gasteiger partial charge in [0.15, 0.2) is 0 Å². The van der Waals surface area contributed by atoms with E-state index in [1.807, 2.05) is 25.7 Å². The SMILES string of the molecule is CCNCC1CN(C(=O)OC(C)(C)C)CC1C. The molecule has 17 heavy (non-hydrogen) atoms. The molecule has 100 valence electrons. The van der Waals surface area contributed by atoms with Gasteiger partial charge in [0, 0.05) is 13.1 Å². The standard InChI is InChI=1S/C13H26N2O2/c1-6-14-7-11-9-15(8-10(11)2)12(16)17-13(3,4)5/h10-11,14H,6-9H2,1-5H3. The number of hydrogen-bond acceptors (Lipinski definition) is 3. The van der Waals surface area contributed by atoms with E-state index in [-0.39, 0.29) is 6.09 Å². The Hall–Kier alpha value is -0.770. The molecule has 2 unspecified atom stereocenters. The van der Waals surface area contributed by atoms with Crippen molar-refractivity contribution in [1.82, 2.24) is 10.2 Å².